The minimum atomic E-state index is -0.558. The smallest absolute Gasteiger partial charge is 0.336 e. The van der Waals surface area contributed by atoms with Crippen LogP contribution >= 0.6 is 11.3 Å². The van der Waals surface area contributed by atoms with Crippen molar-refractivity contribution >= 4 is 33.1 Å². The maximum atomic E-state index is 13.1. The van der Waals surface area contributed by atoms with Crippen molar-refractivity contribution in [3.63, 3.8) is 0 Å². The van der Waals surface area contributed by atoms with E-state index in [1.54, 1.807) is 73.2 Å². The molecule has 7 nitrogen and oxygen atoms in total. The molecular weight excluding hydrogens is 390 g/mol. The predicted octanol–water partition coefficient (Wildman–Crippen LogP) is 2.86. The summed E-state index contributed by atoms with van der Waals surface area (Å²) in [4.78, 5) is 38.6. The average Bonchev–Trinajstić information content (AvgIpc) is 3.23. The molecule has 29 heavy (non-hydrogen) atoms. The monoisotopic (exact) mass is 407 g/mol. The highest BCUT2D eigenvalue weighted by Crippen LogP contribution is 2.17. The molecule has 146 valence electrons. The molecule has 0 radical (unpaired) electrons. The lowest BCUT2D eigenvalue weighted by molar-refractivity contribution is -0.116. The summed E-state index contributed by atoms with van der Waals surface area (Å²) in [5.74, 6) is 0.303. The van der Waals surface area contributed by atoms with Crippen LogP contribution in [-0.4, -0.2) is 22.2 Å². The number of fused-ring (bicyclic) bond motifs is 1. The van der Waals surface area contributed by atoms with Crippen LogP contribution in [0.4, 0.5) is 5.69 Å². The summed E-state index contributed by atoms with van der Waals surface area (Å²) in [5.41, 5.74) is 0.543. The van der Waals surface area contributed by atoms with Gasteiger partial charge in [-0.1, -0.05) is 18.2 Å². The third-order valence-electron chi connectivity index (χ3n) is 4.44. The molecule has 0 unspecified atom stereocenters. The van der Waals surface area contributed by atoms with Gasteiger partial charge in [0.25, 0.3) is 5.56 Å². The first-order valence-electron chi connectivity index (χ1n) is 8.81. The summed E-state index contributed by atoms with van der Waals surface area (Å²) >= 11 is 1.24. The zero-order chi connectivity index (χ0) is 20.4. The molecule has 0 aliphatic rings. The van der Waals surface area contributed by atoms with E-state index in [9.17, 15) is 14.4 Å². The first-order valence-corrected chi connectivity index (χ1v) is 9.69. The summed E-state index contributed by atoms with van der Waals surface area (Å²) in [7, 11) is 1.56. The number of para-hydroxylation sites is 1. The number of aromatic nitrogens is 2. The van der Waals surface area contributed by atoms with Crippen molar-refractivity contribution in [3.05, 3.63) is 86.9 Å². The Morgan fingerprint density at radius 1 is 1.03 bits per heavy atom. The van der Waals surface area contributed by atoms with Crippen LogP contribution in [0.2, 0.25) is 0 Å². The van der Waals surface area contributed by atoms with Gasteiger partial charge in [-0.05, 0) is 47.8 Å². The lowest BCUT2D eigenvalue weighted by Gasteiger charge is -2.12. The number of amides is 1. The Labute approximate surface area is 169 Å². The second kappa shape index (κ2) is 7.76. The molecule has 2 aromatic carbocycles. The summed E-state index contributed by atoms with van der Waals surface area (Å²) in [6, 6.07) is 17.2. The highest BCUT2D eigenvalue weighted by Gasteiger charge is 2.17. The van der Waals surface area contributed by atoms with Gasteiger partial charge in [-0.3, -0.25) is 14.2 Å². The molecule has 2 heterocycles. The number of anilines is 1. The van der Waals surface area contributed by atoms with Gasteiger partial charge >= 0.3 is 5.69 Å². The van der Waals surface area contributed by atoms with Crippen LogP contribution < -0.4 is 21.3 Å². The molecule has 4 rings (SSSR count). The lowest BCUT2D eigenvalue weighted by atomic mass is 10.3. The van der Waals surface area contributed by atoms with Crippen LogP contribution in [0.1, 0.15) is 0 Å². The van der Waals surface area contributed by atoms with Gasteiger partial charge in [0.15, 0.2) is 0 Å². The van der Waals surface area contributed by atoms with Crippen LogP contribution in [0.5, 0.6) is 5.75 Å². The summed E-state index contributed by atoms with van der Waals surface area (Å²) in [6.45, 7) is -0.217. The molecule has 0 saturated carbocycles. The Bertz CT molecular complexity index is 1290. The van der Waals surface area contributed by atoms with Crippen LogP contribution in [-0.2, 0) is 11.3 Å². The second-order valence-corrected chi connectivity index (χ2v) is 7.17. The van der Waals surface area contributed by atoms with E-state index in [2.05, 4.69) is 5.32 Å². The zero-order valence-electron chi connectivity index (χ0n) is 15.5. The van der Waals surface area contributed by atoms with Crippen molar-refractivity contribution in [2.75, 3.05) is 12.4 Å². The minimum absolute atomic E-state index is 0.217. The van der Waals surface area contributed by atoms with E-state index >= 15 is 0 Å². The highest BCUT2D eigenvalue weighted by molar-refractivity contribution is 7.17. The van der Waals surface area contributed by atoms with E-state index in [1.165, 1.54) is 15.9 Å². The number of carbonyl (C=O) groups excluding carboxylic acids is 1. The molecule has 4 aromatic rings. The van der Waals surface area contributed by atoms with E-state index < -0.39 is 11.2 Å². The number of hydrogen-bond donors (Lipinski definition) is 1. The van der Waals surface area contributed by atoms with Gasteiger partial charge < -0.3 is 10.1 Å². The zero-order valence-corrected chi connectivity index (χ0v) is 16.3. The Kier molecular flexibility index (Phi) is 5.01. The third-order valence-corrected chi connectivity index (χ3v) is 5.34. The van der Waals surface area contributed by atoms with Gasteiger partial charge in [-0.15, -0.1) is 11.3 Å². The van der Waals surface area contributed by atoms with Crippen molar-refractivity contribution in [1.29, 1.82) is 0 Å². The minimum Gasteiger partial charge on any atom is -0.497 e. The molecular formula is C21H17N3O4S. The molecule has 0 saturated heterocycles. The van der Waals surface area contributed by atoms with Crippen molar-refractivity contribution in [1.82, 2.24) is 9.13 Å². The maximum Gasteiger partial charge on any atom is 0.336 e. The Hall–Kier alpha value is -3.65. The van der Waals surface area contributed by atoms with Crippen LogP contribution in [0, 0.1) is 0 Å². The van der Waals surface area contributed by atoms with E-state index in [1.807, 2.05) is 0 Å². The maximum absolute atomic E-state index is 13.1. The molecule has 1 N–H and O–H groups in total. The molecule has 0 bridgehead atoms. The van der Waals surface area contributed by atoms with Crippen molar-refractivity contribution in [2.45, 2.75) is 6.54 Å². The molecule has 0 spiro atoms. The van der Waals surface area contributed by atoms with Gasteiger partial charge in [0, 0.05) is 5.69 Å². The molecule has 0 fully saturated rings. The van der Waals surface area contributed by atoms with Crippen molar-refractivity contribution in [2.24, 2.45) is 0 Å². The van der Waals surface area contributed by atoms with Gasteiger partial charge in [0.1, 0.15) is 17.0 Å². The number of nitrogens with zero attached hydrogens (tertiary/aromatic N) is 2. The molecule has 2 aromatic heterocycles. The van der Waals surface area contributed by atoms with Crippen molar-refractivity contribution < 1.29 is 9.53 Å². The Balaban J connectivity index is 1.73. The molecule has 0 atom stereocenters. The topological polar surface area (TPSA) is 82.3 Å². The molecule has 8 heteroatoms. The van der Waals surface area contributed by atoms with Crippen LogP contribution in [0.25, 0.3) is 15.9 Å². The van der Waals surface area contributed by atoms with Gasteiger partial charge in [0.05, 0.1) is 18.3 Å². The number of benzene rings is 2. The van der Waals surface area contributed by atoms with E-state index in [4.69, 9.17) is 4.74 Å². The first kappa shape index (κ1) is 18.7. The number of hydrogen-bond acceptors (Lipinski definition) is 5. The fourth-order valence-electron chi connectivity index (χ4n) is 3.06. The van der Waals surface area contributed by atoms with Crippen molar-refractivity contribution in [3.8, 4) is 11.4 Å². The van der Waals surface area contributed by atoms with Gasteiger partial charge in [0.2, 0.25) is 5.91 Å². The summed E-state index contributed by atoms with van der Waals surface area (Å²) in [6.07, 6.45) is 0. The summed E-state index contributed by atoms with van der Waals surface area (Å²) in [5, 5.41) is 4.50. The Morgan fingerprint density at radius 3 is 2.45 bits per heavy atom. The van der Waals surface area contributed by atoms with Crippen LogP contribution in [0.3, 0.4) is 0 Å². The largest absolute Gasteiger partial charge is 0.497 e. The third kappa shape index (κ3) is 3.57. The normalized spacial score (nSPS) is 10.8. The number of nitrogens with one attached hydrogen (secondary N) is 1. The van der Waals surface area contributed by atoms with Gasteiger partial charge in [-0.2, -0.15) is 0 Å². The quantitative estimate of drug-likeness (QED) is 0.552. The molecule has 0 aliphatic heterocycles. The first-order chi connectivity index (χ1) is 14.1. The second-order valence-electron chi connectivity index (χ2n) is 6.26. The highest BCUT2D eigenvalue weighted by atomic mass is 32.1. The van der Waals surface area contributed by atoms with E-state index in [-0.39, 0.29) is 12.5 Å². The van der Waals surface area contributed by atoms with E-state index in [0.29, 0.717) is 27.3 Å². The standard InChI is InChI=1S/C21H17N3O4S/c1-28-16-9-7-14(8-10-16)22-18(25)13-23-17-11-12-29-19(17)20(26)24(21(23)27)15-5-3-2-4-6-15/h2-12H,13H2,1H3,(H,22,25). The predicted molar refractivity (Wildman–Crippen MR) is 113 cm³/mol. The number of thiophene rings is 1. The number of methoxy groups -OCH3 is 1. The SMILES string of the molecule is COc1ccc(NC(=O)Cn2c(=O)n(-c3ccccc3)c(=O)c3sccc32)cc1. The molecule has 1 amide bonds. The number of carbonyl (C=O) groups is 1. The summed E-state index contributed by atoms with van der Waals surface area (Å²) < 4.78 is 7.94. The fraction of sp³-hybridized carbons (Fsp3) is 0.0952. The number of rotatable bonds is 5. The fourth-order valence-corrected chi connectivity index (χ4v) is 3.89. The Morgan fingerprint density at radius 2 is 1.76 bits per heavy atom. The average molecular weight is 407 g/mol. The van der Waals surface area contributed by atoms with E-state index in [0.717, 1.165) is 4.57 Å². The lowest BCUT2D eigenvalue weighted by Crippen LogP contribution is -2.40. The molecule has 0 aliphatic carbocycles. The number of ether oxygens (including phenoxy) is 1. The van der Waals surface area contributed by atoms with Crippen LogP contribution in [0.15, 0.2) is 75.6 Å². The van der Waals surface area contributed by atoms with Gasteiger partial charge in [-0.25, -0.2) is 9.36 Å².